The van der Waals surface area contributed by atoms with Gasteiger partial charge in [0.2, 0.25) is 0 Å². The molecule has 0 fully saturated rings. The molecule has 9 heteroatoms. The summed E-state index contributed by atoms with van der Waals surface area (Å²) in [7, 11) is 0. The molecule has 0 aliphatic heterocycles. The van der Waals surface area contributed by atoms with Gasteiger partial charge in [-0.2, -0.15) is 0 Å². The van der Waals surface area contributed by atoms with Crippen LogP contribution in [0.2, 0.25) is 0 Å². The zero-order valence-electron chi connectivity index (χ0n) is 22.8. The molecule has 1 unspecified atom stereocenters. The van der Waals surface area contributed by atoms with E-state index in [2.05, 4.69) is 42.3 Å². The summed E-state index contributed by atoms with van der Waals surface area (Å²) >= 11 is 5.11. The summed E-state index contributed by atoms with van der Waals surface area (Å²) in [6, 6.07) is 20.6. The van der Waals surface area contributed by atoms with Crippen LogP contribution in [0.4, 0.5) is 5.69 Å². The van der Waals surface area contributed by atoms with Crippen molar-refractivity contribution < 1.29 is 19.1 Å². The molecule has 0 heterocycles. The Morgan fingerprint density at radius 1 is 0.769 bits per heavy atom. The van der Waals surface area contributed by atoms with E-state index in [1.54, 1.807) is 60.7 Å². The Morgan fingerprint density at radius 2 is 1.28 bits per heavy atom. The number of amides is 3. The second-order valence-corrected chi connectivity index (χ2v) is 10.5. The molecular weight excluding hydrogens is 512 g/mol. The largest absolute Gasteiger partial charge is 0.491 e. The van der Waals surface area contributed by atoms with Crippen molar-refractivity contribution in [2.24, 2.45) is 0 Å². The first-order valence-corrected chi connectivity index (χ1v) is 13.1. The number of hydrogen-bond donors (Lipinski definition) is 4. The summed E-state index contributed by atoms with van der Waals surface area (Å²) in [6.07, 6.45) is 0.957. The number of hydrazine groups is 1. The number of carbonyl (C=O) groups excluding carboxylic acids is 3. The van der Waals surface area contributed by atoms with Crippen LogP contribution in [0.25, 0.3) is 0 Å². The lowest BCUT2D eigenvalue weighted by atomic mass is 9.87. The highest BCUT2D eigenvalue weighted by Gasteiger charge is 2.15. The van der Waals surface area contributed by atoms with Crippen molar-refractivity contribution in [3.8, 4) is 5.75 Å². The van der Waals surface area contributed by atoms with E-state index in [1.165, 1.54) is 0 Å². The van der Waals surface area contributed by atoms with Gasteiger partial charge in [0.05, 0.1) is 6.10 Å². The van der Waals surface area contributed by atoms with Crippen molar-refractivity contribution in [1.82, 2.24) is 16.2 Å². The Morgan fingerprint density at radius 3 is 1.85 bits per heavy atom. The summed E-state index contributed by atoms with van der Waals surface area (Å²) in [5, 5.41) is 5.27. The van der Waals surface area contributed by atoms with E-state index >= 15 is 0 Å². The minimum atomic E-state index is -0.464. The highest BCUT2D eigenvalue weighted by molar-refractivity contribution is 7.80. The zero-order chi connectivity index (χ0) is 28.6. The molecule has 0 aromatic heterocycles. The first-order chi connectivity index (χ1) is 18.5. The molecule has 39 heavy (non-hydrogen) atoms. The molecule has 0 spiro atoms. The molecule has 0 aliphatic rings. The molecule has 0 aliphatic carbocycles. The van der Waals surface area contributed by atoms with Crippen LogP contribution < -0.4 is 26.2 Å². The molecule has 8 nitrogen and oxygen atoms in total. The lowest BCUT2D eigenvalue weighted by Crippen LogP contribution is -2.48. The Hall–Kier alpha value is -4.24. The maximum Gasteiger partial charge on any atom is 0.269 e. The van der Waals surface area contributed by atoms with Crippen LogP contribution in [0.15, 0.2) is 72.8 Å². The highest BCUT2D eigenvalue weighted by atomic mass is 32.1. The Kier molecular flexibility index (Phi) is 9.78. The number of nitrogens with one attached hydrogen (secondary N) is 4. The van der Waals surface area contributed by atoms with E-state index < -0.39 is 11.8 Å². The van der Waals surface area contributed by atoms with Crippen molar-refractivity contribution in [3.63, 3.8) is 0 Å². The second kappa shape index (κ2) is 13.0. The third-order valence-electron chi connectivity index (χ3n) is 5.96. The molecule has 3 aromatic carbocycles. The third-order valence-corrected chi connectivity index (χ3v) is 6.17. The molecule has 1 atom stereocenters. The first kappa shape index (κ1) is 29.3. The minimum Gasteiger partial charge on any atom is -0.491 e. The van der Waals surface area contributed by atoms with E-state index in [4.69, 9.17) is 17.0 Å². The van der Waals surface area contributed by atoms with E-state index in [0.717, 1.165) is 12.0 Å². The average Bonchev–Trinajstić information content (AvgIpc) is 2.92. The fourth-order valence-electron chi connectivity index (χ4n) is 3.42. The molecule has 3 amide bonds. The summed E-state index contributed by atoms with van der Waals surface area (Å²) in [5.74, 6) is -0.457. The van der Waals surface area contributed by atoms with E-state index in [1.807, 2.05) is 26.0 Å². The molecule has 3 rings (SSSR count). The van der Waals surface area contributed by atoms with Gasteiger partial charge in [-0.25, -0.2) is 0 Å². The van der Waals surface area contributed by atoms with Gasteiger partial charge in [-0.15, -0.1) is 0 Å². The summed E-state index contributed by atoms with van der Waals surface area (Å²) in [4.78, 5) is 37.5. The quantitative estimate of drug-likeness (QED) is 0.235. The fraction of sp³-hybridized carbons (Fsp3) is 0.267. The first-order valence-electron chi connectivity index (χ1n) is 12.7. The van der Waals surface area contributed by atoms with Crippen LogP contribution >= 0.6 is 12.2 Å². The number of thiocarbonyl (C=S) groups is 1. The van der Waals surface area contributed by atoms with Gasteiger partial charge < -0.3 is 10.1 Å². The fourth-order valence-corrected chi connectivity index (χ4v) is 3.57. The molecule has 3 aromatic rings. The summed E-state index contributed by atoms with van der Waals surface area (Å²) in [6.45, 7) is 10.3. The average molecular weight is 547 g/mol. The standard InChI is InChI=1S/C30H34N4O4S/c1-6-19(2)38-25-17-11-21(12-18-25)27(36)32-29(39)34-33-28(37)22-9-15-24(16-10-22)31-26(35)20-7-13-23(14-8-20)30(3,4)5/h7-19H,6H2,1-5H3,(H,31,35)(H,33,37)(H2,32,34,36,39). The van der Waals surface area contributed by atoms with Crippen LogP contribution in [0.1, 0.15) is 77.7 Å². The van der Waals surface area contributed by atoms with Crippen molar-refractivity contribution >= 4 is 40.7 Å². The number of anilines is 1. The van der Waals surface area contributed by atoms with Gasteiger partial charge in [-0.1, -0.05) is 39.8 Å². The Bertz CT molecular complexity index is 1320. The monoisotopic (exact) mass is 546 g/mol. The minimum absolute atomic E-state index is 0.00441. The number of ether oxygens (including phenoxy) is 1. The maximum absolute atomic E-state index is 12.6. The molecule has 0 radical (unpaired) electrons. The van der Waals surface area contributed by atoms with E-state index in [0.29, 0.717) is 28.1 Å². The molecule has 0 saturated carbocycles. The number of hydrogen-bond acceptors (Lipinski definition) is 5. The molecule has 4 N–H and O–H groups in total. The van der Waals surface area contributed by atoms with Crippen molar-refractivity contribution in [2.45, 2.75) is 52.6 Å². The number of carbonyl (C=O) groups is 3. The smallest absolute Gasteiger partial charge is 0.269 e. The van der Waals surface area contributed by atoms with Crippen LogP contribution in [0.3, 0.4) is 0 Å². The SMILES string of the molecule is CCC(C)Oc1ccc(C(=O)NC(=S)NNC(=O)c2ccc(NC(=O)c3ccc(C(C)(C)C)cc3)cc2)cc1. The second-order valence-electron chi connectivity index (χ2n) is 10.1. The number of rotatable bonds is 7. The normalized spacial score (nSPS) is 11.6. The van der Waals surface area contributed by atoms with Gasteiger partial charge in [0.15, 0.2) is 5.11 Å². The van der Waals surface area contributed by atoms with Crippen molar-refractivity contribution in [1.29, 1.82) is 0 Å². The van der Waals surface area contributed by atoms with Gasteiger partial charge in [0, 0.05) is 22.4 Å². The van der Waals surface area contributed by atoms with Crippen LogP contribution in [-0.4, -0.2) is 28.9 Å². The van der Waals surface area contributed by atoms with Crippen LogP contribution in [-0.2, 0) is 5.41 Å². The predicted octanol–water partition coefficient (Wildman–Crippen LogP) is 5.36. The van der Waals surface area contributed by atoms with Gasteiger partial charge in [-0.3, -0.25) is 30.6 Å². The maximum atomic E-state index is 12.6. The van der Waals surface area contributed by atoms with Gasteiger partial charge in [-0.05, 0) is 97.2 Å². The molecule has 204 valence electrons. The molecular formula is C30H34N4O4S. The van der Waals surface area contributed by atoms with Crippen molar-refractivity contribution in [3.05, 3.63) is 95.1 Å². The Labute approximate surface area is 234 Å². The molecule has 0 saturated heterocycles. The highest BCUT2D eigenvalue weighted by Crippen LogP contribution is 2.22. The predicted molar refractivity (Wildman–Crippen MR) is 157 cm³/mol. The third kappa shape index (κ3) is 8.65. The summed E-state index contributed by atoms with van der Waals surface area (Å²) < 4.78 is 5.71. The van der Waals surface area contributed by atoms with Gasteiger partial charge in [0.25, 0.3) is 17.7 Å². The Balaban J connectivity index is 1.47. The lowest BCUT2D eigenvalue weighted by molar-refractivity contribution is 0.0934. The lowest BCUT2D eigenvalue weighted by Gasteiger charge is -2.19. The van der Waals surface area contributed by atoms with Crippen LogP contribution in [0, 0.1) is 0 Å². The molecule has 0 bridgehead atoms. The zero-order valence-corrected chi connectivity index (χ0v) is 23.6. The van der Waals surface area contributed by atoms with Gasteiger partial charge in [0.1, 0.15) is 5.75 Å². The van der Waals surface area contributed by atoms with Crippen LogP contribution in [0.5, 0.6) is 5.75 Å². The number of benzene rings is 3. The van der Waals surface area contributed by atoms with E-state index in [9.17, 15) is 14.4 Å². The summed E-state index contributed by atoms with van der Waals surface area (Å²) in [5.41, 5.74) is 7.92. The van der Waals surface area contributed by atoms with E-state index in [-0.39, 0.29) is 22.5 Å². The topological polar surface area (TPSA) is 109 Å². The van der Waals surface area contributed by atoms with Gasteiger partial charge >= 0.3 is 0 Å². The van der Waals surface area contributed by atoms with Crippen molar-refractivity contribution in [2.75, 3.05) is 5.32 Å².